The van der Waals surface area contributed by atoms with E-state index < -0.39 is 7.82 Å². The third-order valence-electron chi connectivity index (χ3n) is 0.295. The Kier molecular flexibility index (Phi) is 3.82. The van der Waals surface area contributed by atoms with Crippen molar-refractivity contribution >= 4 is 7.82 Å². The smallest absolute Gasteiger partial charge is 0.352 e. The lowest BCUT2D eigenvalue weighted by molar-refractivity contribution is 0.275. The van der Waals surface area contributed by atoms with E-state index in [-0.39, 0.29) is 0 Å². The summed E-state index contributed by atoms with van der Waals surface area (Å²) in [6.07, 6.45) is 3.97. The first kappa shape index (κ1) is 9.25. The van der Waals surface area contributed by atoms with Crippen molar-refractivity contribution in [1.82, 2.24) is 15.4 Å². The van der Waals surface area contributed by atoms with Crippen LogP contribution >= 0.6 is 7.82 Å². The molecular formula is C2H5N3O4P-. The lowest BCUT2D eigenvalue weighted by atomic mass is 11.0. The van der Waals surface area contributed by atoms with E-state index in [1.807, 2.05) is 0 Å². The standard InChI is InChI=1S/C2H2N3.H3O4P/c1-2-4-5-3-1;1-5(2,3)4/h1H,(H,3,4,5);(H3,1,2,3,4)/q-1;. The van der Waals surface area contributed by atoms with Crippen molar-refractivity contribution in [3.05, 3.63) is 12.4 Å². The molecule has 0 saturated carbocycles. The highest BCUT2D eigenvalue weighted by molar-refractivity contribution is 7.45. The van der Waals surface area contributed by atoms with Gasteiger partial charge in [-0.15, -0.1) is 11.4 Å². The molecule has 8 heteroatoms. The van der Waals surface area contributed by atoms with Crippen molar-refractivity contribution < 1.29 is 19.2 Å². The van der Waals surface area contributed by atoms with Gasteiger partial charge < -0.3 is 31.1 Å². The molecule has 0 atom stereocenters. The lowest BCUT2D eigenvalue weighted by Crippen LogP contribution is -1.66. The fraction of sp³-hybridized carbons (Fsp3) is 0. The van der Waals surface area contributed by atoms with Gasteiger partial charge >= 0.3 is 7.82 Å². The van der Waals surface area contributed by atoms with Gasteiger partial charge in [-0.3, -0.25) is 0 Å². The van der Waals surface area contributed by atoms with Crippen LogP contribution in [0, 0.1) is 6.20 Å². The van der Waals surface area contributed by atoms with Gasteiger partial charge in [0, 0.05) is 0 Å². The number of hydrogen-bond donors (Lipinski definition) is 4. The summed E-state index contributed by atoms with van der Waals surface area (Å²) in [5, 5.41) is 9.03. The van der Waals surface area contributed by atoms with Gasteiger partial charge in [0.1, 0.15) is 0 Å². The minimum Gasteiger partial charge on any atom is -0.352 e. The second kappa shape index (κ2) is 4.13. The number of aromatic nitrogens is 3. The highest BCUT2D eigenvalue weighted by Gasteiger charge is 2.00. The molecule has 0 aliphatic rings. The molecule has 4 N–H and O–H groups in total. The molecule has 0 radical (unpaired) electrons. The first-order valence-corrected chi connectivity index (χ1v) is 3.57. The predicted octanol–water partition coefficient (Wildman–Crippen LogP) is -1.32. The Labute approximate surface area is 56.0 Å². The maximum absolute atomic E-state index is 8.88. The Morgan fingerprint density at radius 2 is 2.00 bits per heavy atom. The van der Waals surface area contributed by atoms with Crippen LogP contribution in [0.5, 0.6) is 0 Å². The SMILES string of the molecule is O=P(O)(O)O.[c-]1c[nH]nn1. The highest BCUT2D eigenvalue weighted by atomic mass is 31.2. The van der Waals surface area contributed by atoms with Crippen LogP contribution in [0.25, 0.3) is 0 Å². The normalized spacial score (nSPS) is 9.90. The van der Waals surface area contributed by atoms with Gasteiger partial charge in [0.2, 0.25) is 0 Å². The van der Waals surface area contributed by atoms with E-state index in [1.165, 1.54) is 6.20 Å². The third kappa shape index (κ3) is 15.7. The molecule has 10 heavy (non-hydrogen) atoms. The number of nitrogens with zero attached hydrogens (tertiary/aromatic N) is 2. The zero-order chi connectivity index (χ0) is 8.04. The molecule has 0 bridgehead atoms. The molecule has 0 saturated heterocycles. The minimum absolute atomic E-state index is 1.53. The lowest BCUT2D eigenvalue weighted by Gasteiger charge is -1.82. The van der Waals surface area contributed by atoms with E-state index in [2.05, 4.69) is 21.6 Å². The van der Waals surface area contributed by atoms with Gasteiger partial charge in [0.15, 0.2) is 0 Å². The van der Waals surface area contributed by atoms with Crippen molar-refractivity contribution in [3.63, 3.8) is 0 Å². The Balaban J connectivity index is 0.000000162. The molecule has 58 valence electrons. The van der Waals surface area contributed by atoms with Gasteiger partial charge in [0.05, 0.1) is 0 Å². The molecule has 0 amide bonds. The fourth-order valence-corrected chi connectivity index (χ4v) is 0.144. The molecule has 1 rings (SSSR count). The first-order chi connectivity index (χ1) is 4.50. The van der Waals surface area contributed by atoms with Crippen molar-refractivity contribution in [2.24, 2.45) is 0 Å². The monoisotopic (exact) mass is 166 g/mol. The Morgan fingerprint density at radius 3 is 2.10 bits per heavy atom. The summed E-state index contributed by atoms with van der Waals surface area (Å²) in [5.74, 6) is 0. The summed E-state index contributed by atoms with van der Waals surface area (Å²) >= 11 is 0. The Morgan fingerprint density at radius 1 is 1.50 bits per heavy atom. The second-order valence-electron chi connectivity index (χ2n) is 1.12. The molecule has 0 aliphatic heterocycles. The molecule has 0 fully saturated rings. The van der Waals surface area contributed by atoms with E-state index in [1.54, 1.807) is 0 Å². The molecule has 1 aromatic heterocycles. The summed E-state index contributed by atoms with van der Waals surface area (Å²) in [4.78, 5) is 21.6. The zero-order valence-corrected chi connectivity index (χ0v) is 5.56. The van der Waals surface area contributed by atoms with Crippen LogP contribution in [-0.4, -0.2) is 30.1 Å². The zero-order valence-electron chi connectivity index (χ0n) is 4.67. The largest absolute Gasteiger partial charge is 0.466 e. The van der Waals surface area contributed by atoms with E-state index in [9.17, 15) is 0 Å². The van der Waals surface area contributed by atoms with Crippen LogP contribution in [0.3, 0.4) is 0 Å². The Bertz CT molecular complexity index is 167. The van der Waals surface area contributed by atoms with E-state index in [0.29, 0.717) is 0 Å². The quantitative estimate of drug-likeness (QED) is 0.280. The van der Waals surface area contributed by atoms with Gasteiger partial charge in [-0.1, -0.05) is 0 Å². The van der Waals surface area contributed by atoms with Crippen LogP contribution in [0.2, 0.25) is 0 Å². The predicted molar refractivity (Wildman–Crippen MR) is 29.5 cm³/mol. The Hall–Kier alpha value is -0.750. The molecule has 0 aliphatic carbocycles. The molecule has 0 spiro atoms. The van der Waals surface area contributed by atoms with Crippen LogP contribution in [0.15, 0.2) is 6.20 Å². The first-order valence-electron chi connectivity index (χ1n) is 2.01. The van der Waals surface area contributed by atoms with Crippen LogP contribution in [0.4, 0.5) is 0 Å². The van der Waals surface area contributed by atoms with E-state index in [0.717, 1.165) is 0 Å². The maximum atomic E-state index is 8.88. The molecular weight excluding hydrogens is 161 g/mol. The number of nitrogens with one attached hydrogen (secondary N) is 1. The summed E-state index contributed by atoms with van der Waals surface area (Å²) in [6, 6.07) is 0. The molecule has 0 unspecified atom stereocenters. The average molecular weight is 166 g/mol. The fourth-order valence-electron chi connectivity index (χ4n) is 0.144. The van der Waals surface area contributed by atoms with Crippen molar-refractivity contribution in [2.75, 3.05) is 0 Å². The van der Waals surface area contributed by atoms with Gasteiger partial charge in [-0.05, 0) is 0 Å². The number of phosphoric acid groups is 1. The summed E-state index contributed by atoms with van der Waals surface area (Å²) in [6.45, 7) is 0. The number of H-pyrrole nitrogens is 1. The molecule has 0 aromatic carbocycles. The van der Waals surface area contributed by atoms with Crippen LogP contribution < -0.4 is 0 Å². The molecule has 7 nitrogen and oxygen atoms in total. The number of rotatable bonds is 0. The molecule has 1 aromatic rings. The summed E-state index contributed by atoms with van der Waals surface area (Å²) < 4.78 is 8.88. The second-order valence-corrected chi connectivity index (χ2v) is 2.14. The number of aromatic amines is 1. The number of hydrogen-bond acceptors (Lipinski definition) is 3. The average Bonchev–Trinajstić information content (AvgIpc) is 2.07. The maximum Gasteiger partial charge on any atom is 0.466 e. The van der Waals surface area contributed by atoms with E-state index in [4.69, 9.17) is 19.2 Å². The van der Waals surface area contributed by atoms with E-state index >= 15 is 0 Å². The van der Waals surface area contributed by atoms with Gasteiger partial charge in [-0.25, -0.2) is 4.57 Å². The van der Waals surface area contributed by atoms with Gasteiger partial charge in [0.25, 0.3) is 0 Å². The third-order valence-corrected chi connectivity index (χ3v) is 0.295. The van der Waals surface area contributed by atoms with Gasteiger partial charge in [-0.2, -0.15) is 0 Å². The van der Waals surface area contributed by atoms with Crippen molar-refractivity contribution in [1.29, 1.82) is 0 Å². The molecule has 1 heterocycles. The van der Waals surface area contributed by atoms with Crippen LogP contribution in [-0.2, 0) is 4.57 Å². The minimum atomic E-state index is -4.64. The van der Waals surface area contributed by atoms with Crippen LogP contribution in [0.1, 0.15) is 0 Å². The summed E-state index contributed by atoms with van der Waals surface area (Å²) in [7, 11) is -4.64. The van der Waals surface area contributed by atoms with Crippen molar-refractivity contribution in [3.8, 4) is 0 Å². The summed E-state index contributed by atoms with van der Waals surface area (Å²) in [5.41, 5.74) is 0. The van der Waals surface area contributed by atoms with Crippen molar-refractivity contribution in [2.45, 2.75) is 0 Å². The topological polar surface area (TPSA) is 119 Å². The highest BCUT2D eigenvalue weighted by Crippen LogP contribution is 2.25.